The number of pyridine rings is 1. The van der Waals surface area contributed by atoms with Gasteiger partial charge in [0.05, 0.1) is 6.54 Å². The van der Waals surface area contributed by atoms with Crippen molar-refractivity contribution < 1.29 is 4.79 Å². The third kappa shape index (κ3) is 3.32. The number of benzene rings is 1. The molecule has 2 aromatic heterocycles. The third-order valence-corrected chi connectivity index (χ3v) is 3.97. The van der Waals surface area contributed by atoms with Crippen LogP contribution < -0.4 is 10.2 Å². The van der Waals surface area contributed by atoms with Gasteiger partial charge in [0.1, 0.15) is 11.3 Å². The molecule has 6 nitrogen and oxygen atoms in total. The maximum atomic E-state index is 12.3. The highest BCUT2D eigenvalue weighted by Gasteiger charge is 2.11. The van der Waals surface area contributed by atoms with E-state index in [1.807, 2.05) is 51.2 Å². The zero-order valence-corrected chi connectivity index (χ0v) is 13.9. The number of hydrogen-bond acceptors (Lipinski definition) is 5. The van der Waals surface area contributed by atoms with Crippen LogP contribution in [0.1, 0.15) is 11.1 Å². The summed E-state index contributed by atoms with van der Waals surface area (Å²) >= 11 is 0. The number of carbonyl (C=O) groups is 1. The fourth-order valence-corrected chi connectivity index (χ4v) is 2.43. The molecule has 1 N–H and O–H groups in total. The molecule has 0 atom stereocenters. The molecule has 0 aliphatic rings. The molecule has 0 aliphatic heterocycles. The first kappa shape index (κ1) is 15.9. The van der Waals surface area contributed by atoms with Crippen LogP contribution in [0.2, 0.25) is 0 Å². The van der Waals surface area contributed by atoms with Crippen molar-refractivity contribution in [1.29, 1.82) is 0 Å². The van der Waals surface area contributed by atoms with Crippen LogP contribution in [0.15, 0.2) is 42.7 Å². The van der Waals surface area contributed by atoms with E-state index in [-0.39, 0.29) is 12.5 Å². The predicted octanol–water partition coefficient (Wildman–Crippen LogP) is 2.72. The molecule has 0 aliphatic carbocycles. The summed E-state index contributed by atoms with van der Waals surface area (Å²) in [5.41, 5.74) is 4.36. The third-order valence-electron chi connectivity index (χ3n) is 3.97. The molecular formula is C18H19N5O. The molecule has 0 unspecified atom stereocenters. The molecule has 1 amide bonds. The summed E-state index contributed by atoms with van der Waals surface area (Å²) in [4.78, 5) is 26.9. The highest BCUT2D eigenvalue weighted by atomic mass is 16.2. The Bertz CT molecular complexity index is 893. The summed E-state index contributed by atoms with van der Waals surface area (Å²) < 4.78 is 0. The lowest BCUT2D eigenvalue weighted by Gasteiger charge is -2.18. The van der Waals surface area contributed by atoms with Crippen LogP contribution in [0.5, 0.6) is 0 Å². The Kier molecular flexibility index (Phi) is 4.37. The van der Waals surface area contributed by atoms with Crippen molar-refractivity contribution in [2.75, 3.05) is 23.8 Å². The highest BCUT2D eigenvalue weighted by Crippen LogP contribution is 2.18. The van der Waals surface area contributed by atoms with Crippen molar-refractivity contribution in [3.8, 4) is 0 Å². The van der Waals surface area contributed by atoms with Crippen molar-refractivity contribution in [2.24, 2.45) is 0 Å². The molecule has 0 radical (unpaired) electrons. The maximum Gasteiger partial charge on any atom is 0.243 e. The normalized spacial score (nSPS) is 10.6. The number of fused-ring (bicyclic) bond motifs is 1. The van der Waals surface area contributed by atoms with Gasteiger partial charge in [-0.15, -0.1) is 0 Å². The van der Waals surface area contributed by atoms with Crippen LogP contribution in [0, 0.1) is 13.8 Å². The van der Waals surface area contributed by atoms with Gasteiger partial charge in [0.25, 0.3) is 0 Å². The Morgan fingerprint density at radius 1 is 1.12 bits per heavy atom. The Morgan fingerprint density at radius 3 is 2.75 bits per heavy atom. The van der Waals surface area contributed by atoms with E-state index in [9.17, 15) is 4.79 Å². The number of rotatable bonds is 4. The quantitative estimate of drug-likeness (QED) is 0.800. The van der Waals surface area contributed by atoms with Crippen LogP contribution in [0.3, 0.4) is 0 Å². The molecule has 122 valence electrons. The molecule has 0 fully saturated rings. The fraction of sp³-hybridized carbons (Fsp3) is 0.222. The maximum absolute atomic E-state index is 12.3. The molecule has 24 heavy (non-hydrogen) atoms. The summed E-state index contributed by atoms with van der Waals surface area (Å²) in [6.07, 6.45) is 3.23. The van der Waals surface area contributed by atoms with Crippen molar-refractivity contribution >= 4 is 28.6 Å². The van der Waals surface area contributed by atoms with Gasteiger partial charge in [0.2, 0.25) is 5.91 Å². The Morgan fingerprint density at radius 2 is 1.92 bits per heavy atom. The van der Waals surface area contributed by atoms with E-state index in [1.165, 1.54) is 0 Å². The monoisotopic (exact) mass is 321 g/mol. The van der Waals surface area contributed by atoms with Gasteiger partial charge < -0.3 is 10.2 Å². The molecule has 1 aromatic carbocycles. The molecule has 0 saturated heterocycles. The van der Waals surface area contributed by atoms with Crippen LogP contribution in [-0.4, -0.2) is 34.5 Å². The topological polar surface area (TPSA) is 71.0 Å². The van der Waals surface area contributed by atoms with Crippen molar-refractivity contribution in [3.63, 3.8) is 0 Å². The number of likely N-dealkylation sites (N-methyl/N-ethyl adjacent to an activating group) is 1. The second-order valence-electron chi connectivity index (χ2n) is 5.72. The summed E-state index contributed by atoms with van der Waals surface area (Å²) in [6.45, 7) is 4.22. The van der Waals surface area contributed by atoms with Crippen LogP contribution in [-0.2, 0) is 4.79 Å². The van der Waals surface area contributed by atoms with Gasteiger partial charge in [-0.25, -0.2) is 9.97 Å². The fourth-order valence-electron chi connectivity index (χ4n) is 2.43. The van der Waals surface area contributed by atoms with Crippen molar-refractivity contribution in [2.45, 2.75) is 13.8 Å². The van der Waals surface area contributed by atoms with Gasteiger partial charge in [0, 0.05) is 25.1 Å². The number of anilines is 2. The van der Waals surface area contributed by atoms with Crippen LogP contribution in [0.25, 0.3) is 11.2 Å². The summed E-state index contributed by atoms with van der Waals surface area (Å²) in [5.74, 6) is 0.589. The Balaban J connectivity index is 1.72. The number of aromatic nitrogens is 3. The zero-order chi connectivity index (χ0) is 17.1. The molecule has 0 bridgehead atoms. The van der Waals surface area contributed by atoms with E-state index in [1.54, 1.807) is 17.3 Å². The van der Waals surface area contributed by atoms with E-state index < -0.39 is 0 Å². The van der Waals surface area contributed by atoms with Crippen LogP contribution >= 0.6 is 0 Å². The minimum Gasteiger partial charge on any atom is -0.350 e. The van der Waals surface area contributed by atoms with E-state index >= 15 is 0 Å². The number of hydrogen-bond donors (Lipinski definition) is 1. The minimum atomic E-state index is -0.0905. The van der Waals surface area contributed by atoms with Gasteiger partial charge in [-0.1, -0.05) is 12.1 Å². The molecule has 2 heterocycles. The summed E-state index contributed by atoms with van der Waals surface area (Å²) in [5, 5.41) is 2.95. The lowest BCUT2D eigenvalue weighted by Crippen LogP contribution is -2.30. The first-order valence-electron chi connectivity index (χ1n) is 7.69. The van der Waals surface area contributed by atoms with Gasteiger partial charge in [-0.05, 0) is 43.2 Å². The molecule has 3 rings (SSSR count). The average Bonchev–Trinajstić information content (AvgIpc) is 2.58. The Labute approximate surface area is 140 Å². The second-order valence-corrected chi connectivity index (χ2v) is 5.72. The van der Waals surface area contributed by atoms with E-state index in [2.05, 4.69) is 20.3 Å². The van der Waals surface area contributed by atoms with Crippen molar-refractivity contribution in [1.82, 2.24) is 15.0 Å². The van der Waals surface area contributed by atoms with Gasteiger partial charge in [0.15, 0.2) is 5.65 Å². The van der Waals surface area contributed by atoms with Gasteiger partial charge >= 0.3 is 0 Å². The minimum absolute atomic E-state index is 0.0905. The molecule has 6 heteroatoms. The summed E-state index contributed by atoms with van der Waals surface area (Å²) in [7, 11) is 1.83. The van der Waals surface area contributed by atoms with Crippen LogP contribution in [0.4, 0.5) is 11.5 Å². The molecule has 0 saturated carbocycles. The first-order valence-corrected chi connectivity index (χ1v) is 7.69. The Hall–Kier alpha value is -3.02. The molecular weight excluding hydrogens is 302 g/mol. The smallest absolute Gasteiger partial charge is 0.243 e. The van der Waals surface area contributed by atoms with Gasteiger partial charge in [-0.3, -0.25) is 9.78 Å². The number of nitrogens with one attached hydrogen (secondary N) is 1. The van der Waals surface area contributed by atoms with E-state index in [0.29, 0.717) is 11.5 Å². The standard InChI is InChI=1S/C18H19N5O/c1-12-5-4-6-14(13(12)2)21-17(24)11-23(3)16-8-7-15-18(22-16)20-10-9-19-15/h4-10H,11H2,1-3H3,(H,21,24). The lowest BCUT2D eigenvalue weighted by molar-refractivity contribution is -0.114. The number of nitrogens with zero attached hydrogens (tertiary/aromatic N) is 4. The molecule has 3 aromatic rings. The van der Waals surface area contributed by atoms with Gasteiger partial charge in [-0.2, -0.15) is 0 Å². The predicted molar refractivity (Wildman–Crippen MR) is 95.1 cm³/mol. The second kappa shape index (κ2) is 6.62. The lowest BCUT2D eigenvalue weighted by atomic mass is 10.1. The first-order chi connectivity index (χ1) is 11.5. The zero-order valence-electron chi connectivity index (χ0n) is 13.9. The SMILES string of the molecule is Cc1cccc(NC(=O)CN(C)c2ccc3nccnc3n2)c1C. The van der Waals surface area contributed by atoms with Crippen molar-refractivity contribution in [3.05, 3.63) is 53.9 Å². The largest absolute Gasteiger partial charge is 0.350 e. The summed E-state index contributed by atoms with van der Waals surface area (Å²) in [6, 6.07) is 9.55. The number of amides is 1. The average molecular weight is 321 g/mol. The number of carbonyl (C=O) groups excluding carboxylic acids is 1. The van der Waals surface area contributed by atoms with E-state index in [4.69, 9.17) is 0 Å². The van der Waals surface area contributed by atoms with E-state index in [0.717, 1.165) is 22.3 Å². The highest BCUT2D eigenvalue weighted by molar-refractivity contribution is 5.94. The number of aryl methyl sites for hydroxylation is 1. The molecule has 0 spiro atoms.